The Morgan fingerprint density at radius 2 is 1.77 bits per heavy atom. The van der Waals surface area contributed by atoms with Gasteiger partial charge in [-0.05, 0) is 38.5 Å². The Kier molecular flexibility index (Phi) is 5.62. The molecule has 3 aromatic rings. The van der Waals surface area contributed by atoms with Gasteiger partial charge in [0.05, 0.1) is 11.2 Å². The second-order valence-electron chi connectivity index (χ2n) is 6.00. The summed E-state index contributed by atoms with van der Waals surface area (Å²) in [5.74, 6) is 0. The van der Waals surface area contributed by atoms with E-state index in [1.165, 1.54) is 16.5 Å². The number of benzene rings is 1. The van der Waals surface area contributed by atoms with Gasteiger partial charge >= 0.3 is 0 Å². The zero-order valence-corrected chi connectivity index (χ0v) is 14.5. The van der Waals surface area contributed by atoms with Gasteiger partial charge in [-0.15, -0.1) is 35.0 Å². The lowest BCUT2D eigenvalue weighted by Crippen LogP contribution is -2.36. The van der Waals surface area contributed by atoms with Gasteiger partial charge in [-0.1, -0.05) is 6.07 Å². The van der Waals surface area contributed by atoms with Crippen molar-refractivity contribution < 1.29 is 0 Å². The van der Waals surface area contributed by atoms with Gasteiger partial charge in [0.1, 0.15) is 12.7 Å². The maximum atomic E-state index is 6.15. The summed E-state index contributed by atoms with van der Waals surface area (Å²) in [6.07, 6.45) is 5.57. The third kappa shape index (κ3) is 3.61. The van der Waals surface area contributed by atoms with Crippen LogP contribution >= 0.6 is 24.8 Å². The maximum Gasteiger partial charge on any atom is 0.123 e. The molecule has 0 saturated carbocycles. The molecule has 0 amide bonds. The van der Waals surface area contributed by atoms with E-state index in [1.54, 1.807) is 12.7 Å². The van der Waals surface area contributed by atoms with Crippen LogP contribution in [0.25, 0.3) is 16.6 Å². The molecule has 0 atom stereocenters. The van der Waals surface area contributed by atoms with Crippen molar-refractivity contribution in [2.75, 3.05) is 0 Å². The Labute approximate surface area is 142 Å². The molecule has 2 N–H and O–H groups in total. The largest absolute Gasteiger partial charge is 0.345 e. The smallest absolute Gasteiger partial charge is 0.123 e. The molecule has 3 rings (SSSR count). The molecule has 0 unspecified atom stereocenters. The van der Waals surface area contributed by atoms with Gasteiger partial charge in [0.15, 0.2) is 0 Å². The Balaban J connectivity index is 0.00000121. The number of aryl methyl sites for hydroxylation is 1. The number of aromatic nitrogens is 4. The van der Waals surface area contributed by atoms with E-state index in [2.05, 4.69) is 46.1 Å². The minimum atomic E-state index is -0.245. The molecule has 5 nitrogen and oxygen atoms in total. The zero-order valence-electron chi connectivity index (χ0n) is 12.9. The lowest BCUT2D eigenvalue weighted by atomic mass is 10.1. The minimum Gasteiger partial charge on any atom is -0.345 e. The van der Waals surface area contributed by atoms with Crippen LogP contribution in [0.15, 0.2) is 37.1 Å². The Morgan fingerprint density at radius 3 is 2.36 bits per heavy atom. The Bertz CT molecular complexity index is 741. The van der Waals surface area contributed by atoms with Gasteiger partial charge in [0.25, 0.3) is 0 Å². The van der Waals surface area contributed by atoms with Gasteiger partial charge in [0, 0.05) is 23.7 Å². The first-order valence-corrected chi connectivity index (χ1v) is 6.67. The number of halogens is 2. The summed E-state index contributed by atoms with van der Waals surface area (Å²) in [5.41, 5.74) is 9.41. The summed E-state index contributed by atoms with van der Waals surface area (Å²) in [6, 6.07) is 6.37. The molecule has 1 aromatic carbocycles. The number of nitrogens with two attached hydrogens (primary N) is 1. The first-order valence-electron chi connectivity index (χ1n) is 6.67. The fraction of sp³-hybridized carbons (Fsp3) is 0.333. The quantitative estimate of drug-likeness (QED) is 0.796. The average molecular weight is 342 g/mol. The molecule has 2 heterocycles. The first-order chi connectivity index (χ1) is 9.44. The maximum absolute atomic E-state index is 6.15. The van der Waals surface area contributed by atoms with Gasteiger partial charge in [-0.25, -0.2) is 0 Å². The number of hydrogen-bond acceptors (Lipinski definition) is 3. The highest BCUT2D eigenvalue weighted by Crippen LogP contribution is 2.24. The predicted octanol–water partition coefficient (Wildman–Crippen LogP) is 3.11. The molecule has 22 heavy (non-hydrogen) atoms. The van der Waals surface area contributed by atoms with Crippen LogP contribution < -0.4 is 5.73 Å². The van der Waals surface area contributed by atoms with E-state index in [1.807, 2.05) is 18.4 Å². The van der Waals surface area contributed by atoms with Crippen LogP contribution in [0.1, 0.15) is 19.4 Å². The number of nitrogens with zero attached hydrogens (tertiary/aromatic N) is 4. The van der Waals surface area contributed by atoms with Crippen LogP contribution in [0.2, 0.25) is 0 Å². The third-order valence-electron chi connectivity index (χ3n) is 3.36. The minimum absolute atomic E-state index is 0. The highest BCUT2D eigenvalue weighted by Gasteiger charge is 2.15. The summed E-state index contributed by atoms with van der Waals surface area (Å²) in [7, 11) is 0. The summed E-state index contributed by atoms with van der Waals surface area (Å²) in [5, 5.41) is 8.96. The van der Waals surface area contributed by atoms with Crippen molar-refractivity contribution in [2.45, 2.75) is 32.9 Å². The van der Waals surface area contributed by atoms with E-state index in [0.717, 1.165) is 12.2 Å². The topological polar surface area (TPSA) is 61.7 Å². The summed E-state index contributed by atoms with van der Waals surface area (Å²) in [4.78, 5) is 0. The second kappa shape index (κ2) is 6.69. The van der Waals surface area contributed by atoms with Crippen molar-refractivity contribution in [3.05, 3.63) is 42.6 Å². The van der Waals surface area contributed by atoms with Crippen molar-refractivity contribution >= 4 is 35.7 Å². The molecule has 0 aliphatic rings. The fourth-order valence-electron chi connectivity index (χ4n) is 2.53. The first kappa shape index (κ1) is 18.5. The van der Waals surface area contributed by atoms with E-state index in [4.69, 9.17) is 5.73 Å². The molecule has 0 radical (unpaired) electrons. The molecule has 0 aliphatic carbocycles. The molecule has 0 spiro atoms. The molecule has 120 valence electrons. The Morgan fingerprint density at radius 1 is 1.14 bits per heavy atom. The molecule has 2 aromatic heterocycles. The van der Waals surface area contributed by atoms with Crippen LogP contribution in [-0.2, 0) is 6.54 Å². The molecular formula is C15H21Cl2N5. The van der Waals surface area contributed by atoms with Crippen molar-refractivity contribution in [2.24, 2.45) is 5.73 Å². The SMILES string of the molecule is Cc1cn(CC(C)(C)N)c2cc(-n3cnnc3)ccc12.Cl.Cl. The van der Waals surface area contributed by atoms with Crippen molar-refractivity contribution in [3.63, 3.8) is 0 Å². The third-order valence-corrected chi connectivity index (χ3v) is 3.36. The number of fused-ring (bicyclic) bond motifs is 1. The highest BCUT2D eigenvalue weighted by atomic mass is 35.5. The number of rotatable bonds is 3. The van der Waals surface area contributed by atoms with E-state index in [0.29, 0.717) is 0 Å². The van der Waals surface area contributed by atoms with Crippen LogP contribution in [0.5, 0.6) is 0 Å². The van der Waals surface area contributed by atoms with Crippen molar-refractivity contribution in [3.8, 4) is 5.69 Å². The summed E-state index contributed by atoms with van der Waals surface area (Å²) < 4.78 is 4.12. The van der Waals surface area contributed by atoms with Crippen LogP contribution in [0, 0.1) is 6.92 Å². The Hall–Kier alpha value is -1.56. The lowest BCUT2D eigenvalue weighted by molar-refractivity contribution is 0.441. The van der Waals surface area contributed by atoms with Gasteiger partial charge in [-0.3, -0.25) is 4.57 Å². The highest BCUT2D eigenvalue weighted by molar-refractivity contribution is 5.86. The molecule has 0 fully saturated rings. The van der Waals surface area contributed by atoms with E-state index in [-0.39, 0.29) is 30.4 Å². The lowest BCUT2D eigenvalue weighted by Gasteiger charge is -2.20. The van der Waals surface area contributed by atoms with Crippen molar-refractivity contribution in [1.82, 2.24) is 19.3 Å². The standard InChI is InChI=1S/C15H19N5.2ClH/c1-11-7-19(8-15(2,3)16)14-6-12(4-5-13(11)14)20-9-17-18-10-20;;/h4-7,9-10H,8,16H2,1-3H3;2*1H. The van der Waals surface area contributed by atoms with Crippen LogP contribution in [0.3, 0.4) is 0 Å². The average Bonchev–Trinajstić information content (AvgIpc) is 2.97. The summed E-state index contributed by atoms with van der Waals surface area (Å²) >= 11 is 0. The van der Waals surface area contributed by atoms with Crippen LogP contribution in [-0.4, -0.2) is 24.9 Å². The zero-order chi connectivity index (χ0) is 14.3. The monoisotopic (exact) mass is 341 g/mol. The fourth-order valence-corrected chi connectivity index (χ4v) is 2.53. The van der Waals surface area contributed by atoms with Gasteiger partial charge in [-0.2, -0.15) is 0 Å². The van der Waals surface area contributed by atoms with E-state index >= 15 is 0 Å². The van der Waals surface area contributed by atoms with Gasteiger partial charge in [0.2, 0.25) is 0 Å². The van der Waals surface area contributed by atoms with Crippen LogP contribution in [0.4, 0.5) is 0 Å². The summed E-state index contributed by atoms with van der Waals surface area (Å²) in [6.45, 7) is 6.99. The molecule has 0 aliphatic heterocycles. The second-order valence-corrected chi connectivity index (χ2v) is 6.00. The number of hydrogen-bond donors (Lipinski definition) is 1. The van der Waals surface area contributed by atoms with Gasteiger partial charge < -0.3 is 10.3 Å². The van der Waals surface area contributed by atoms with Crippen molar-refractivity contribution in [1.29, 1.82) is 0 Å². The molecule has 0 bridgehead atoms. The predicted molar refractivity (Wildman–Crippen MR) is 94.4 cm³/mol. The van der Waals surface area contributed by atoms with E-state index in [9.17, 15) is 0 Å². The van der Waals surface area contributed by atoms with E-state index < -0.39 is 0 Å². The normalized spacial score (nSPS) is 11.1. The molecule has 0 saturated heterocycles. The molecular weight excluding hydrogens is 321 g/mol. The molecule has 7 heteroatoms.